The second kappa shape index (κ2) is 5.42. The molecule has 1 aromatic rings. The Morgan fingerprint density at radius 2 is 2.20 bits per heavy atom. The average Bonchev–Trinajstić information content (AvgIpc) is 2.63. The molecule has 1 rings (SSSR count). The van der Waals surface area contributed by atoms with Crippen molar-refractivity contribution in [1.29, 1.82) is 0 Å². The predicted molar refractivity (Wildman–Crippen MR) is 60.5 cm³/mol. The van der Waals surface area contributed by atoms with Crippen molar-refractivity contribution in [3.05, 3.63) is 23.1 Å². The average molecular weight is 250 g/mol. The lowest BCUT2D eigenvalue weighted by atomic mass is 10.1. The van der Waals surface area contributed by atoms with E-state index in [1.54, 1.807) is 0 Å². The highest BCUT2D eigenvalue weighted by atomic mass is 35.5. The maximum Gasteiger partial charge on any atom is 0.287 e. The van der Waals surface area contributed by atoms with E-state index >= 15 is 0 Å². The minimum Gasteiger partial charge on any atom is -0.440 e. The molecule has 0 spiro atoms. The van der Waals surface area contributed by atoms with Gasteiger partial charge in [0.2, 0.25) is 0 Å². The molecule has 0 radical (unpaired) electrons. The first kappa shape index (κ1) is 12.4. The summed E-state index contributed by atoms with van der Waals surface area (Å²) >= 11 is 11.2. The topological polar surface area (TPSA) is 42.2 Å². The molecule has 0 saturated carbocycles. The number of alkyl halides is 1. The van der Waals surface area contributed by atoms with Crippen LogP contribution in [0.3, 0.4) is 0 Å². The first-order chi connectivity index (χ1) is 7.04. The van der Waals surface area contributed by atoms with Crippen LogP contribution in [0.15, 0.2) is 16.5 Å². The Morgan fingerprint density at radius 1 is 1.53 bits per heavy atom. The van der Waals surface area contributed by atoms with Crippen molar-refractivity contribution in [1.82, 2.24) is 5.32 Å². The number of hydrogen-bond donors (Lipinski definition) is 1. The summed E-state index contributed by atoms with van der Waals surface area (Å²) in [6, 6.07) is 3.07. The highest BCUT2D eigenvalue weighted by molar-refractivity contribution is 6.29. The minimum absolute atomic E-state index is 0.00104. The highest BCUT2D eigenvalue weighted by Crippen LogP contribution is 2.13. The van der Waals surface area contributed by atoms with Crippen LogP contribution in [-0.4, -0.2) is 17.8 Å². The zero-order valence-corrected chi connectivity index (χ0v) is 10.1. The summed E-state index contributed by atoms with van der Waals surface area (Å²) in [7, 11) is 0. The Labute approximate surface area is 98.7 Å². The third kappa shape index (κ3) is 3.43. The molecule has 0 aliphatic rings. The molecular formula is C10H13Cl2NO2. The fourth-order valence-corrected chi connectivity index (χ4v) is 1.40. The van der Waals surface area contributed by atoms with Crippen molar-refractivity contribution in [2.45, 2.75) is 19.9 Å². The minimum atomic E-state index is -0.272. The van der Waals surface area contributed by atoms with Crippen molar-refractivity contribution in [3.63, 3.8) is 0 Å². The second-order valence-electron chi connectivity index (χ2n) is 3.50. The smallest absolute Gasteiger partial charge is 0.287 e. The first-order valence-electron chi connectivity index (χ1n) is 4.66. The van der Waals surface area contributed by atoms with Gasteiger partial charge in [0.05, 0.1) is 0 Å². The zero-order valence-electron chi connectivity index (χ0n) is 8.59. The Kier molecular flexibility index (Phi) is 4.48. The molecule has 0 aliphatic carbocycles. The van der Waals surface area contributed by atoms with Crippen LogP contribution in [0.4, 0.5) is 0 Å². The van der Waals surface area contributed by atoms with Gasteiger partial charge in [-0.1, -0.05) is 6.92 Å². The number of carbonyl (C=O) groups excluding carboxylic acids is 1. The monoisotopic (exact) mass is 249 g/mol. The van der Waals surface area contributed by atoms with Crippen LogP contribution in [0, 0.1) is 5.92 Å². The van der Waals surface area contributed by atoms with Crippen molar-refractivity contribution in [3.8, 4) is 0 Å². The SMILES string of the molecule is CC(CCl)C(C)NC(=O)c1ccc(Cl)o1. The number of amides is 1. The molecule has 1 amide bonds. The summed E-state index contributed by atoms with van der Waals surface area (Å²) in [6.45, 7) is 3.86. The normalized spacial score (nSPS) is 14.7. The molecule has 5 heteroatoms. The second-order valence-corrected chi connectivity index (χ2v) is 4.18. The standard InChI is InChI=1S/C10H13Cl2NO2/c1-6(5-11)7(2)13-10(14)8-3-4-9(12)15-8/h3-4,6-7H,5H2,1-2H3,(H,13,14). The van der Waals surface area contributed by atoms with Crippen LogP contribution >= 0.6 is 23.2 Å². The molecule has 2 unspecified atom stereocenters. The molecule has 1 N–H and O–H groups in total. The van der Waals surface area contributed by atoms with Gasteiger partial charge in [0.1, 0.15) is 0 Å². The van der Waals surface area contributed by atoms with E-state index < -0.39 is 0 Å². The Bertz CT molecular complexity index is 338. The van der Waals surface area contributed by atoms with Crippen LogP contribution in [0.1, 0.15) is 24.4 Å². The Morgan fingerprint density at radius 3 is 2.67 bits per heavy atom. The van der Waals surface area contributed by atoms with E-state index in [1.165, 1.54) is 12.1 Å². The number of halogens is 2. The largest absolute Gasteiger partial charge is 0.440 e. The van der Waals surface area contributed by atoms with Gasteiger partial charge in [-0.05, 0) is 36.6 Å². The van der Waals surface area contributed by atoms with E-state index in [9.17, 15) is 4.79 Å². The third-order valence-electron chi connectivity index (χ3n) is 2.25. The van der Waals surface area contributed by atoms with Crippen molar-refractivity contribution >= 4 is 29.1 Å². The van der Waals surface area contributed by atoms with Crippen LogP contribution in [0.5, 0.6) is 0 Å². The Balaban J connectivity index is 2.56. The summed E-state index contributed by atoms with van der Waals surface area (Å²) in [6.07, 6.45) is 0. The number of hydrogen-bond acceptors (Lipinski definition) is 2. The van der Waals surface area contributed by atoms with Crippen molar-refractivity contribution in [2.24, 2.45) is 5.92 Å². The number of carbonyl (C=O) groups is 1. The molecule has 15 heavy (non-hydrogen) atoms. The summed E-state index contributed by atoms with van der Waals surface area (Å²) in [5.41, 5.74) is 0. The third-order valence-corrected chi connectivity index (χ3v) is 2.94. The Hall–Kier alpha value is -0.670. The zero-order chi connectivity index (χ0) is 11.4. The highest BCUT2D eigenvalue weighted by Gasteiger charge is 2.17. The van der Waals surface area contributed by atoms with Crippen LogP contribution in [0.2, 0.25) is 5.22 Å². The summed E-state index contributed by atoms with van der Waals surface area (Å²) in [5, 5.41) is 2.99. The van der Waals surface area contributed by atoms with E-state index in [2.05, 4.69) is 5.32 Å². The van der Waals surface area contributed by atoms with Crippen LogP contribution < -0.4 is 5.32 Å². The van der Waals surface area contributed by atoms with E-state index in [-0.39, 0.29) is 28.8 Å². The molecule has 84 valence electrons. The van der Waals surface area contributed by atoms with Gasteiger partial charge >= 0.3 is 0 Å². The summed E-state index contributed by atoms with van der Waals surface area (Å²) < 4.78 is 4.98. The molecular weight excluding hydrogens is 237 g/mol. The van der Waals surface area contributed by atoms with E-state index in [0.717, 1.165) is 0 Å². The molecule has 0 fully saturated rings. The van der Waals surface area contributed by atoms with Crippen molar-refractivity contribution < 1.29 is 9.21 Å². The fourth-order valence-electron chi connectivity index (χ4n) is 0.990. The lowest BCUT2D eigenvalue weighted by molar-refractivity contribution is 0.0903. The molecule has 2 atom stereocenters. The number of rotatable bonds is 4. The van der Waals surface area contributed by atoms with Crippen LogP contribution in [-0.2, 0) is 0 Å². The summed E-state index contributed by atoms with van der Waals surface area (Å²) in [4.78, 5) is 11.6. The first-order valence-corrected chi connectivity index (χ1v) is 5.58. The van der Waals surface area contributed by atoms with E-state index in [4.69, 9.17) is 27.6 Å². The van der Waals surface area contributed by atoms with Gasteiger partial charge in [-0.3, -0.25) is 4.79 Å². The van der Waals surface area contributed by atoms with Gasteiger partial charge in [0.15, 0.2) is 11.0 Å². The number of furan rings is 1. The van der Waals surface area contributed by atoms with Gasteiger partial charge in [0, 0.05) is 11.9 Å². The van der Waals surface area contributed by atoms with Gasteiger partial charge in [-0.2, -0.15) is 0 Å². The van der Waals surface area contributed by atoms with Gasteiger partial charge in [0.25, 0.3) is 5.91 Å². The lowest BCUT2D eigenvalue weighted by Gasteiger charge is -2.18. The molecule has 0 bridgehead atoms. The number of nitrogens with one attached hydrogen (secondary N) is 1. The molecule has 0 aromatic carbocycles. The van der Waals surface area contributed by atoms with E-state index in [0.29, 0.717) is 5.88 Å². The maximum absolute atomic E-state index is 11.6. The van der Waals surface area contributed by atoms with Gasteiger partial charge < -0.3 is 9.73 Å². The lowest BCUT2D eigenvalue weighted by Crippen LogP contribution is -2.37. The molecule has 0 aliphatic heterocycles. The fraction of sp³-hybridized carbons (Fsp3) is 0.500. The van der Waals surface area contributed by atoms with Crippen LogP contribution in [0.25, 0.3) is 0 Å². The molecule has 0 saturated heterocycles. The van der Waals surface area contributed by atoms with Crippen molar-refractivity contribution in [2.75, 3.05) is 5.88 Å². The quantitative estimate of drug-likeness (QED) is 0.835. The molecule has 1 aromatic heterocycles. The molecule has 3 nitrogen and oxygen atoms in total. The maximum atomic E-state index is 11.6. The van der Waals surface area contributed by atoms with Gasteiger partial charge in [-0.25, -0.2) is 0 Å². The summed E-state index contributed by atoms with van der Waals surface area (Å²) in [5.74, 6) is 0.654. The predicted octanol–water partition coefficient (Wildman–Crippen LogP) is 2.93. The van der Waals surface area contributed by atoms with E-state index in [1.807, 2.05) is 13.8 Å². The molecule has 1 heterocycles. The van der Waals surface area contributed by atoms with Gasteiger partial charge in [-0.15, -0.1) is 11.6 Å².